The second-order valence-electron chi connectivity index (χ2n) is 8.12. The number of carbonyl (C=O) groups is 1. The van der Waals surface area contributed by atoms with Crippen LogP contribution < -0.4 is 9.46 Å². The zero-order chi connectivity index (χ0) is 30.1. The van der Waals surface area contributed by atoms with Crippen LogP contribution in [0.5, 0.6) is 11.5 Å². The molecular weight excluding hydrogens is 566 g/mol. The molecule has 0 radical (unpaired) electrons. The highest BCUT2D eigenvalue weighted by Gasteiger charge is 2.17. The fourth-order valence-corrected chi connectivity index (χ4v) is 4.16. The Morgan fingerprint density at radius 3 is 2.17 bits per heavy atom. The number of halogens is 2. The Kier molecular flexibility index (Phi) is 14.7. The van der Waals surface area contributed by atoms with E-state index in [0.717, 1.165) is 12.1 Å². The maximum Gasteiger partial charge on any atom is 0.333 e. The summed E-state index contributed by atoms with van der Waals surface area (Å²) in [4.78, 5) is 14.2. The molecule has 0 amide bonds. The molecule has 2 aromatic rings. The normalized spacial score (nSPS) is 11.7. The molecule has 15 heteroatoms. The van der Waals surface area contributed by atoms with Gasteiger partial charge < -0.3 is 23.7 Å². The largest absolute Gasteiger partial charge is 0.463 e. The summed E-state index contributed by atoms with van der Waals surface area (Å²) in [5, 5.41) is 3.33. The van der Waals surface area contributed by atoms with Crippen molar-refractivity contribution in [1.82, 2.24) is 4.72 Å². The first-order valence-electron chi connectivity index (χ1n) is 12.5. The molecule has 0 aliphatic heterocycles. The molecule has 0 aromatic heterocycles. The Morgan fingerprint density at radius 1 is 1.00 bits per heavy atom. The number of nitrogens with one attached hydrogen (secondary N) is 1. The minimum absolute atomic E-state index is 0.00989. The molecule has 0 bridgehead atoms. The van der Waals surface area contributed by atoms with Crippen molar-refractivity contribution in [1.29, 1.82) is 0 Å². The number of rotatable bonds is 19. The molecule has 2 rings (SSSR count). The molecule has 0 spiro atoms. The lowest BCUT2D eigenvalue weighted by atomic mass is 10.1. The molecule has 12 nitrogen and oxygen atoms in total. The van der Waals surface area contributed by atoms with Crippen molar-refractivity contribution < 1.29 is 45.7 Å². The smallest absolute Gasteiger partial charge is 0.333 e. The van der Waals surface area contributed by atoms with Crippen molar-refractivity contribution >= 4 is 22.1 Å². The predicted molar refractivity (Wildman–Crippen MR) is 145 cm³/mol. The van der Waals surface area contributed by atoms with Gasteiger partial charge >= 0.3 is 5.97 Å². The Hall–Kier alpha value is -3.59. The Labute approximate surface area is 236 Å². The van der Waals surface area contributed by atoms with E-state index >= 15 is 0 Å². The monoisotopic (exact) mass is 598 g/mol. The molecule has 224 valence electrons. The molecule has 0 aliphatic rings. The van der Waals surface area contributed by atoms with Crippen molar-refractivity contribution in [3.8, 4) is 11.5 Å². The molecule has 41 heavy (non-hydrogen) atoms. The van der Waals surface area contributed by atoms with Crippen LogP contribution in [0, 0.1) is 11.6 Å². The van der Waals surface area contributed by atoms with Gasteiger partial charge in [0.05, 0.1) is 51.1 Å². The molecular formula is C26H32F2N4O8S. The first kappa shape index (κ1) is 33.6. The van der Waals surface area contributed by atoms with E-state index in [0.29, 0.717) is 26.4 Å². The van der Waals surface area contributed by atoms with Gasteiger partial charge in [-0.2, -0.15) is 0 Å². The van der Waals surface area contributed by atoms with Crippen LogP contribution in [0.4, 0.5) is 8.78 Å². The Bertz CT molecular complexity index is 1290. The SMILES string of the molecule is CCOC(=O)/C(C)=C/c1cc(F)c(Oc2ccc(S(=O)(=O)NCCOCCOCCOCCN=[N+]=[N-])cc2)c(F)c1. The van der Waals surface area contributed by atoms with Gasteiger partial charge in [0.25, 0.3) is 0 Å². The van der Waals surface area contributed by atoms with Gasteiger partial charge in [0.2, 0.25) is 10.0 Å². The summed E-state index contributed by atoms with van der Waals surface area (Å²) in [5.41, 5.74) is 8.41. The van der Waals surface area contributed by atoms with Crippen molar-refractivity contribution in [3.63, 3.8) is 0 Å². The first-order chi connectivity index (χ1) is 19.7. The van der Waals surface area contributed by atoms with Crippen molar-refractivity contribution in [2.24, 2.45) is 5.11 Å². The number of esters is 1. The topological polar surface area (TPSA) is 158 Å². The van der Waals surface area contributed by atoms with E-state index in [1.807, 2.05) is 0 Å². The van der Waals surface area contributed by atoms with Gasteiger partial charge in [-0.1, -0.05) is 5.11 Å². The number of sulfonamides is 1. The number of ether oxygens (including phenoxy) is 5. The lowest BCUT2D eigenvalue weighted by molar-refractivity contribution is -0.138. The second kappa shape index (κ2) is 18.0. The average Bonchev–Trinajstić information content (AvgIpc) is 2.93. The Morgan fingerprint density at radius 2 is 1.59 bits per heavy atom. The minimum atomic E-state index is -3.86. The fraction of sp³-hybridized carbons (Fsp3) is 0.423. The quantitative estimate of drug-likeness (QED) is 0.0624. The fourth-order valence-electron chi connectivity index (χ4n) is 3.14. The van der Waals surface area contributed by atoms with E-state index in [4.69, 9.17) is 29.2 Å². The molecule has 0 aliphatic carbocycles. The number of hydrogen-bond acceptors (Lipinski definition) is 9. The van der Waals surface area contributed by atoms with Crippen molar-refractivity contribution in [3.05, 3.63) is 69.6 Å². The number of azide groups is 1. The number of benzene rings is 2. The summed E-state index contributed by atoms with van der Waals surface area (Å²) in [6.45, 7) is 5.18. The lowest BCUT2D eigenvalue weighted by Crippen LogP contribution is -2.27. The maximum atomic E-state index is 14.6. The van der Waals surface area contributed by atoms with E-state index < -0.39 is 33.4 Å². The second-order valence-corrected chi connectivity index (χ2v) is 9.89. The van der Waals surface area contributed by atoms with Crippen LogP contribution in [0.2, 0.25) is 0 Å². The number of carbonyl (C=O) groups excluding carboxylic acids is 1. The molecule has 2 aromatic carbocycles. The predicted octanol–water partition coefficient (Wildman–Crippen LogP) is 4.36. The van der Waals surface area contributed by atoms with Gasteiger partial charge in [0.1, 0.15) is 5.75 Å². The summed E-state index contributed by atoms with van der Waals surface area (Å²) in [7, 11) is -3.86. The zero-order valence-corrected chi connectivity index (χ0v) is 23.5. The summed E-state index contributed by atoms with van der Waals surface area (Å²) in [6, 6.07) is 7.00. The van der Waals surface area contributed by atoms with E-state index in [9.17, 15) is 22.0 Å². The standard InChI is InChI=1S/C26H32F2N4O8S/c1-3-39-26(33)19(2)16-20-17-23(27)25(24(28)18-20)40-21-4-6-22(7-5-21)41(34,35)31-9-11-37-13-15-38-14-12-36-10-8-30-32-29/h4-7,16-18,31H,3,8-15H2,1-2H3/b19-16+. The van der Waals surface area contributed by atoms with E-state index in [2.05, 4.69) is 14.7 Å². The highest BCUT2D eigenvalue weighted by atomic mass is 32.2. The lowest BCUT2D eigenvalue weighted by Gasteiger charge is -2.11. The van der Waals surface area contributed by atoms with Crippen LogP contribution in [0.1, 0.15) is 19.4 Å². The van der Waals surface area contributed by atoms with Gasteiger partial charge in [-0.25, -0.2) is 26.7 Å². The molecule has 0 fully saturated rings. The zero-order valence-electron chi connectivity index (χ0n) is 22.7. The summed E-state index contributed by atoms with van der Waals surface area (Å²) in [5.74, 6) is -3.28. The summed E-state index contributed by atoms with van der Waals surface area (Å²) < 4.78 is 82.4. The van der Waals surface area contributed by atoms with Gasteiger partial charge in [-0.05, 0) is 67.4 Å². The first-order valence-corrected chi connectivity index (χ1v) is 14.0. The maximum absolute atomic E-state index is 14.6. The van der Waals surface area contributed by atoms with Gasteiger partial charge in [-0.3, -0.25) is 0 Å². The van der Waals surface area contributed by atoms with Crippen LogP contribution in [0.25, 0.3) is 16.5 Å². The third kappa shape index (κ3) is 12.2. The van der Waals surface area contributed by atoms with Crippen LogP contribution >= 0.6 is 0 Å². The molecule has 0 heterocycles. The highest BCUT2D eigenvalue weighted by molar-refractivity contribution is 7.89. The van der Waals surface area contributed by atoms with Gasteiger partial charge in [0.15, 0.2) is 17.4 Å². The van der Waals surface area contributed by atoms with Gasteiger partial charge in [-0.15, -0.1) is 0 Å². The summed E-state index contributed by atoms with van der Waals surface area (Å²) >= 11 is 0. The third-order valence-corrected chi connectivity index (χ3v) is 6.51. The van der Waals surface area contributed by atoms with E-state index in [-0.39, 0.29) is 54.7 Å². The van der Waals surface area contributed by atoms with Crippen LogP contribution in [0.3, 0.4) is 0 Å². The summed E-state index contributed by atoms with van der Waals surface area (Å²) in [6.07, 6.45) is 1.29. The van der Waals surface area contributed by atoms with Crippen LogP contribution in [-0.4, -0.2) is 73.7 Å². The molecule has 1 N–H and O–H groups in total. The van der Waals surface area contributed by atoms with Crippen molar-refractivity contribution in [2.75, 3.05) is 59.3 Å². The number of hydrogen-bond donors (Lipinski definition) is 1. The van der Waals surface area contributed by atoms with E-state index in [1.165, 1.54) is 37.3 Å². The molecule has 0 atom stereocenters. The Balaban J connectivity index is 1.79. The van der Waals surface area contributed by atoms with Crippen LogP contribution in [-0.2, 0) is 33.8 Å². The average molecular weight is 599 g/mol. The van der Waals surface area contributed by atoms with Crippen molar-refractivity contribution in [2.45, 2.75) is 18.7 Å². The van der Waals surface area contributed by atoms with Crippen LogP contribution in [0.15, 0.2) is 52.0 Å². The number of nitrogens with zero attached hydrogens (tertiary/aromatic N) is 3. The molecule has 0 saturated carbocycles. The van der Waals surface area contributed by atoms with E-state index in [1.54, 1.807) is 6.92 Å². The minimum Gasteiger partial charge on any atom is -0.463 e. The molecule has 0 unspecified atom stereocenters. The van der Waals surface area contributed by atoms with Gasteiger partial charge in [0, 0.05) is 23.6 Å². The highest BCUT2D eigenvalue weighted by Crippen LogP contribution is 2.30. The third-order valence-electron chi connectivity index (χ3n) is 5.04. The molecule has 0 saturated heterocycles.